The number of carboxylic acids is 1. The second-order valence-corrected chi connectivity index (χ2v) is 5.94. The van der Waals surface area contributed by atoms with Crippen molar-refractivity contribution in [3.8, 4) is 0 Å². The second kappa shape index (κ2) is 4.32. The fourth-order valence-electron chi connectivity index (χ4n) is 3.57. The SMILES string of the molecule is C=C(C(=O)O)[C@H]1CC[C@]2(C)CCCC(C)=C2C1. The van der Waals surface area contributed by atoms with Gasteiger partial charge in [0.25, 0.3) is 0 Å². The van der Waals surface area contributed by atoms with E-state index in [-0.39, 0.29) is 5.92 Å². The molecular weight excluding hydrogens is 212 g/mol. The van der Waals surface area contributed by atoms with Crippen molar-refractivity contribution in [2.75, 3.05) is 0 Å². The Morgan fingerprint density at radius 1 is 1.47 bits per heavy atom. The molecule has 17 heavy (non-hydrogen) atoms. The Morgan fingerprint density at radius 3 is 2.82 bits per heavy atom. The molecule has 1 saturated carbocycles. The number of carbonyl (C=O) groups is 1. The molecule has 2 heteroatoms. The van der Waals surface area contributed by atoms with Gasteiger partial charge in [0.15, 0.2) is 0 Å². The van der Waals surface area contributed by atoms with Gasteiger partial charge in [-0.05, 0) is 56.8 Å². The summed E-state index contributed by atoms with van der Waals surface area (Å²) < 4.78 is 0. The Balaban J connectivity index is 2.22. The fourth-order valence-corrected chi connectivity index (χ4v) is 3.57. The third-order valence-electron chi connectivity index (χ3n) is 4.79. The van der Waals surface area contributed by atoms with Gasteiger partial charge in [0, 0.05) is 5.57 Å². The average molecular weight is 234 g/mol. The molecule has 2 aliphatic carbocycles. The highest BCUT2D eigenvalue weighted by Gasteiger charge is 2.39. The van der Waals surface area contributed by atoms with Crippen LogP contribution < -0.4 is 0 Å². The summed E-state index contributed by atoms with van der Waals surface area (Å²) >= 11 is 0. The van der Waals surface area contributed by atoms with Gasteiger partial charge in [-0.25, -0.2) is 4.79 Å². The highest BCUT2D eigenvalue weighted by atomic mass is 16.4. The third-order valence-corrected chi connectivity index (χ3v) is 4.79. The summed E-state index contributed by atoms with van der Waals surface area (Å²) in [5.41, 5.74) is 3.78. The van der Waals surface area contributed by atoms with E-state index in [0.717, 1.165) is 19.3 Å². The first-order chi connectivity index (χ1) is 7.94. The molecule has 1 N–H and O–H groups in total. The number of allylic oxidation sites excluding steroid dienone is 2. The van der Waals surface area contributed by atoms with Crippen LogP contribution in [-0.4, -0.2) is 11.1 Å². The van der Waals surface area contributed by atoms with Gasteiger partial charge in [-0.1, -0.05) is 24.6 Å². The van der Waals surface area contributed by atoms with E-state index in [2.05, 4.69) is 20.4 Å². The standard InChI is InChI=1S/C15H22O2/c1-10-5-4-7-15(3)8-6-12(9-13(10)15)11(2)14(16)17/h12H,2,4-9H2,1,3H3,(H,16,17)/t12-,15-/m0/s1. The van der Waals surface area contributed by atoms with Crippen LogP contribution in [0.4, 0.5) is 0 Å². The lowest BCUT2D eigenvalue weighted by molar-refractivity contribution is -0.133. The van der Waals surface area contributed by atoms with E-state index in [4.69, 9.17) is 5.11 Å². The summed E-state index contributed by atoms with van der Waals surface area (Å²) in [6.45, 7) is 8.31. The predicted molar refractivity (Wildman–Crippen MR) is 68.8 cm³/mol. The molecule has 0 amide bonds. The molecule has 0 saturated heterocycles. The number of aliphatic carboxylic acids is 1. The monoisotopic (exact) mass is 234 g/mol. The maximum Gasteiger partial charge on any atom is 0.331 e. The molecule has 0 heterocycles. The number of carboxylic acid groups (broad SMARTS) is 1. The Morgan fingerprint density at radius 2 is 2.18 bits per heavy atom. The minimum atomic E-state index is -0.826. The minimum absolute atomic E-state index is 0.156. The lowest BCUT2D eigenvalue weighted by atomic mass is 9.61. The van der Waals surface area contributed by atoms with Crippen molar-refractivity contribution in [1.82, 2.24) is 0 Å². The van der Waals surface area contributed by atoms with E-state index in [1.54, 1.807) is 0 Å². The quantitative estimate of drug-likeness (QED) is 0.580. The van der Waals surface area contributed by atoms with Crippen LogP contribution in [-0.2, 0) is 4.79 Å². The number of rotatable bonds is 2. The molecule has 2 atom stereocenters. The van der Waals surface area contributed by atoms with Crippen molar-refractivity contribution < 1.29 is 9.90 Å². The van der Waals surface area contributed by atoms with E-state index in [1.807, 2.05) is 0 Å². The van der Waals surface area contributed by atoms with Gasteiger partial charge in [0.1, 0.15) is 0 Å². The van der Waals surface area contributed by atoms with Crippen LogP contribution in [0, 0.1) is 11.3 Å². The molecule has 0 aromatic heterocycles. The summed E-state index contributed by atoms with van der Waals surface area (Å²) in [7, 11) is 0. The van der Waals surface area contributed by atoms with Gasteiger partial charge >= 0.3 is 5.97 Å². The molecule has 0 bridgehead atoms. The molecule has 2 aliphatic rings. The van der Waals surface area contributed by atoms with E-state index in [1.165, 1.54) is 30.4 Å². The van der Waals surface area contributed by atoms with E-state index < -0.39 is 5.97 Å². The van der Waals surface area contributed by atoms with Crippen molar-refractivity contribution in [3.63, 3.8) is 0 Å². The Kier molecular flexibility index (Phi) is 3.15. The maximum atomic E-state index is 11.0. The van der Waals surface area contributed by atoms with E-state index in [0.29, 0.717) is 11.0 Å². The lowest BCUT2D eigenvalue weighted by Gasteiger charge is -2.44. The zero-order valence-corrected chi connectivity index (χ0v) is 10.9. The number of hydrogen-bond acceptors (Lipinski definition) is 1. The summed E-state index contributed by atoms with van der Waals surface area (Å²) in [6, 6.07) is 0. The van der Waals surface area contributed by atoms with Crippen molar-refractivity contribution in [2.45, 2.75) is 52.4 Å². The smallest absolute Gasteiger partial charge is 0.331 e. The first kappa shape index (κ1) is 12.4. The molecule has 0 aromatic carbocycles. The highest BCUT2D eigenvalue weighted by Crippen LogP contribution is 2.51. The molecule has 2 nitrogen and oxygen atoms in total. The molecule has 0 aromatic rings. The summed E-state index contributed by atoms with van der Waals surface area (Å²) in [6.07, 6.45) is 6.78. The lowest BCUT2D eigenvalue weighted by Crippen LogP contribution is -2.32. The van der Waals surface area contributed by atoms with Crippen LogP contribution in [0.3, 0.4) is 0 Å². The number of hydrogen-bond donors (Lipinski definition) is 1. The van der Waals surface area contributed by atoms with Crippen LogP contribution in [0.25, 0.3) is 0 Å². The minimum Gasteiger partial charge on any atom is -0.478 e. The Bertz CT molecular complexity index is 392. The fraction of sp³-hybridized carbons (Fsp3) is 0.667. The summed E-state index contributed by atoms with van der Waals surface area (Å²) in [5, 5.41) is 9.04. The van der Waals surface area contributed by atoms with Crippen LogP contribution >= 0.6 is 0 Å². The van der Waals surface area contributed by atoms with Crippen molar-refractivity contribution in [3.05, 3.63) is 23.3 Å². The molecule has 94 valence electrons. The van der Waals surface area contributed by atoms with E-state index in [9.17, 15) is 4.79 Å². The molecular formula is C15H22O2. The topological polar surface area (TPSA) is 37.3 Å². The molecule has 2 rings (SSSR count). The van der Waals surface area contributed by atoms with Crippen molar-refractivity contribution in [1.29, 1.82) is 0 Å². The van der Waals surface area contributed by atoms with Gasteiger partial charge in [0.05, 0.1) is 0 Å². The van der Waals surface area contributed by atoms with Gasteiger partial charge in [-0.2, -0.15) is 0 Å². The Labute approximate surface area is 103 Å². The molecule has 0 unspecified atom stereocenters. The molecule has 0 radical (unpaired) electrons. The molecule has 0 aliphatic heterocycles. The summed E-state index contributed by atoms with van der Waals surface area (Å²) in [4.78, 5) is 11.0. The largest absolute Gasteiger partial charge is 0.478 e. The maximum absolute atomic E-state index is 11.0. The normalized spacial score (nSPS) is 33.2. The first-order valence-electron chi connectivity index (χ1n) is 6.55. The first-order valence-corrected chi connectivity index (χ1v) is 6.55. The van der Waals surface area contributed by atoms with Gasteiger partial charge in [-0.3, -0.25) is 0 Å². The zero-order valence-electron chi connectivity index (χ0n) is 10.9. The van der Waals surface area contributed by atoms with Crippen LogP contribution in [0.15, 0.2) is 23.3 Å². The molecule has 1 fully saturated rings. The van der Waals surface area contributed by atoms with Gasteiger partial charge < -0.3 is 5.11 Å². The van der Waals surface area contributed by atoms with Crippen molar-refractivity contribution >= 4 is 5.97 Å². The predicted octanol–water partition coefficient (Wildman–Crippen LogP) is 3.93. The van der Waals surface area contributed by atoms with E-state index >= 15 is 0 Å². The second-order valence-electron chi connectivity index (χ2n) is 5.94. The van der Waals surface area contributed by atoms with Gasteiger partial charge in [-0.15, -0.1) is 0 Å². The average Bonchev–Trinajstić information content (AvgIpc) is 2.27. The summed E-state index contributed by atoms with van der Waals surface area (Å²) in [5.74, 6) is -0.670. The van der Waals surface area contributed by atoms with Crippen LogP contribution in [0.2, 0.25) is 0 Å². The van der Waals surface area contributed by atoms with Crippen LogP contribution in [0.1, 0.15) is 52.4 Å². The van der Waals surface area contributed by atoms with Crippen LogP contribution in [0.5, 0.6) is 0 Å². The third kappa shape index (κ3) is 2.18. The zero-order chi connectivity index (χ0) is 12.6. The van der Waals surface area contributed by atoms with Crippen molar-refractivity contribution in [2.24, 2.45) is 11.3 Å². The highest BCUT2D eigenvalue weighted by molar-refractivity contribution is 5.86. The van der Waals surface area contributed by atoms with Gasteiger partial charge in [0.2, 0.25) is 0 Å². The molecule has 0 spiro atoms. The number of fused-ring (bicyclic) bond motifs is 1. The Hall–Kier alpha value is -1.05.